The Morgan fingerprint density at radius 2 is 2.00 bits per heavy atom. The number of carbonyl (C=O) groups is 1. The van der Waals surface area contributed by atoms with Crippen LogP contribution in [0.15, 0.2) is 33.9 Å². The van der Waals surface area contributed by atoms with E-state index in [-0.39, 0.29) is 28.7 Å². The Morgan fingerprint density at radius 1 is 1.28 bits per heavy atom. The molecule has 92 valence electrons. The van der Waals surface area contributed by atoms with Crippen LogP contribution in [0.5, 0.6) is 0 Å². The highest BCUT2D eigenvalue weighted by Crippen LogP contribution is 2.30. The molecule has 1 aliphatic carbocycles. The first-order valence-electron chi connectivity index (χ1n) is 5.82. The number of hydrogen-bond donors (Lipinski definition) is 0. The molecule has 3 rings (SSSR count). The van der Waals surface area contributed by atoms with Crippen LogP contribution >= 0.6 is 11.3 Å². The molecule has 2 aromatic rings. The minimum Gasteiger partial charge on any atom is -0.297 e. The van der Waals surface area contributed by atoms with Gasteiger partial charge in [0.1, 0.15) is 0 Å². The maximum atomic E-state index is 12.1. The molecular weight excluding hydrogens is 250 g/mol. The molecule has 5 heteroatoms. The summed E-state index contributed by atoms with van der Waals surface area (Å²) in [5, 5.41) is 0.505. The monoisotopic (exact) mass is 261 g/mol. The second kappa shape index (κ2) is 4.17. The van der Waals surface area contributed by atoms with Gasteiger partial charge in [-0.25, -0.2) is 0 Å². The number of nitrogens with zero attached hydrogens (tertiary/aromatic N) is 1. The largest absolute Gasteiger partial charge is 0.310 e. The van der Waals surface area contributed by atoms with Gasteiger partial charge in [0, 0.05) is 10.6 Å². The van der Waals surface area contributed by atoms with Gasteiger partial charge in [0.15, 0.2) is 5.78 Å². The number of hydrogen-bond acceptors (Lipinski definition) is 4. The van der Waals surface area contributed by atoms with Crippen molar-refractivity contribution in [1.29, 1.82) is 0 Å². The average molecular weight is 261 g/mol. The lowest BCUT2D eigenvalue weighted by Gasteiger charge is -2.04. The Hall–Kier alpha value is -1.75. The highest BCUT2D eigenvalue weighted by atomic mass is 32.1. The van der Waals surface area contributed by atoms with E-state index in [0.29, 0.717) is 10.1 Å². The maximum Gasteiger partial charge on any atom is 0.310 e. The molecule has 4 nitrogen and oxygen atoms in total. The lowest BCUT2D eigenvalue weighted by Crippen LogP contribution is -2.34. The van der Waals surface area contributed by atoms with Crippen LogP contribution < -0.4 is 10.4 Å². The van der Waals surface area contributed by atoms with Crippen molar-refractivity contribution in [3.8, 4) is 0 Å². The molecule has 0 spiro atoms. The summed E-state index contributed by atoms with van der Waals surface area (Å²) < 4.78 is 1.73. The van der Waals surface area contributed by atoms with Gasteiger partial charge in [-0.2, -0.15) is 0 Å². The van der Waals surface area contributed by atoms with Crippen LogP contribution in [0.1, 0.15) is 12.8 Å². The third-order valence-corrected chi connectivity index (χ3v) is 4.10. The summed E-state index contributed by atoms with van der Waals surface area (Å²) in [6.07, 6.45) is 1.78. The van der Waals surface area contributed by atoms with Gasteiger partial charge in [-0.1, -0.05) is 23.5 Å². The highest BCUT2D eigenvalue weighted by Gasteiger charge is 2.30. The first-order valence-corrected chi connectivity index (χ1v) is 6.64. The molecular formula is C13H11NO3S. The van der Waals surface area contributed by atoms with Gasteiger partial charge in [0.2, 0.25) is 0 Å². The van der Waals surface area contributed by atoms with E-state index < -0.39 is 0 Å². The fourth-order valence-electron chi connectivity index (χ4n) is 1.94. The molecule has 0 N–H and O–H groups in total. The summed E-state index contributed by atoms with van der Waals surface area (Å²) in [4.78, 5) is 35.4. The lowest BCUT2D eigenvalue weighted by molar-refractivity contribution is -0.120. The van der Waals surface area contributed by atoms with Gasteiger partial charge in [-0.15, -0.1) is 0 Å². The fraction of sp³-hybridized carbons (Fsp3) is 0.308. The number of rotatable bonds is 3. The highest BCUT2D eigenvalue weighted by molar-refractivity contribution is 7.16. The SMILES string of the molecule is O=C(Cn1c(=O)sc2ccccc2c1=O)C1CC1. The first-order chi connectivity index (χ1) is 8.66. The molecule has 1 fully saturated rings. The summed E-state index contributed by atoms with van der Waals surface area (Å²) in [5.41, 5.74) is -0.358. The van der Waals surface area contributed by atoms with Gasteiger partial charge in [0.25, 0.3) is 5.56 Å². The van der Waals surface area contributed by atoms with Crippen molar-refractivity contribution < 1.29 is 4.79 Å². The lowest BCUT2D eigenvalue weighted by atomic mass is 10.2. The number of Topliss-reactive ketones (excluding diaryl/α,β-unsaturated/α-hetero) is 1. The van der Waals surface area contributed by atoms with Crippen LogP contribution in [0.2, 0.25) is 0 Å². The number of aromatic nitrogens is 1. The zero-order valence-corrected chi connectivity index (χ0v) is 10.4. The van der Waals surface area contributed by atoms with Crippen LogP contribution in [0.3, 0.4) is 0 Å². The fourth-order valence-corrected chi connectivity index (χ4v) is 2.79. The predicted molar refractivity (Wildman–Crippen MR) is 70.1 cm³/mol. The maximum absolute atomic E-state index is 12.1. The van der Waals surface area contributed by atoms with Crippen LogP contribution in [-0.4, -0.2) is 10.4 Å². The predicted octanol–water partition coefficient (Wildman–Crippen LogP) is 1.40. The van der Waals surface area contributed by atoms with E-state index in [1.807, 2.05) is 0 Å². The van der Waals surface area contributed by atoms with Gasteiger partial charge in [-0.05, 0) is 25.0 Å². The van der Waals surface area contributed by atoms with Crippen molar-refractivity contribution in [2.45, 2.75) is 19.4 Å². The third-order valence-electron chi connectivity index (χ3n) is 3.13. The number of benzene rings is 1. The van der Waals surface area contributed by atoms with E-state index >= 15 is 0 Å². The first kappa shape index (κ1) is 11.3. The van der Waals surface area contributed by atoms with E-state index in [0.717, 1.165) is 28.7 Å². The van der Waals surface area contributed by atoms with Crippen LogP contribution in [-0.2, 0) is 11.3 Å². The summed E-state index contributed by atoms with van der Waals surface area (Å²) in [6, 6.07) is 6.98. The Bertz CT molecular complexity index is 740. The standard InChI is InChI=1S/C13H11NO3S/c15-10(8-5-6-8)7-14-12(16)9-3-1-2-4-11(9)18-13(14)17/h1-4,8H,5-7H2. The summed E-state index contributed by atoms with van der Waals surface area (Å²) in [6.45, 7) is -0.0797. The van der Waals surface area contributed by atoms with Crippen molar-refractivity contribution in [1.82, 2.24) is 4.57 Å². The Kier molecular flexibility index (Phi) is 2.63. The summed E-state index contributed by atoms with van der Waals surface area (Å²) in [7, 11) is 0. The molecule has 0 aliphatic heterocycles. The second-order valence-corrected chi connectivity index (χ2v) is 5.49. The van der Waals surface area contributed by atoms with Crippen LogP contribution in [0.25, 0.3) is 10.1 Å². The molecule has 1 aromatic heterocycles. The van der Waals surface area contributed by atoms with Gasteiger partial charge in [-0.3, -0.25) is 19.0 Å². The van der Waals surface area contributed by atoms with Crippen molar-refractivity contribution in [2.24, 2.45) is 5.92 Å². The second-order valence-electron chi connectivity index (χ2n) is 4.50. The van der Waals surface area contributed by atoms with Gasteiger partial charge < -0.3 is 0 Å². The Morgan fingerprint density at radius 3 is 2.72 bits per heavy atom. The van der Waals surface area contributed by atoms with E-state index in [9.17, 15) is 14.4 Å². The normalized spacial score (nSPS) is 14.9. The number of fused-ring (bicyclic) bond motifs is 1. The van der Waals surface area contributed by atoms with E-state index in [4.69, 9.17) is 0 Å². The summed E-state index contributed by atoms with van der Waals surface area (Å²) >= 11 is 1.01. The van der Waals surface area contributed by atoms with E-state index in [1.54, 1.807) is 24.3 Å². The van der Waals surface area contributed by atoms with Crippen LogP contribution in [0, 0.1) is 5.92 Å². The zero-order chi connectivity index (χ0) is 12.7. The molecule has 0 amide bonds. The van der Waals surface area contributed by atoms with Gasteiger partial charge >= 0.3 is 4.87 Å². The molecule has 0 atom stereocenters. The quantitative estimate of drug-likeness (QED) is 0.839. The minimum absolute atomic E-state index is 0.00307. The number of carbonyl (C=O) groups excluding carboxylic acids is 1. The topological polar surface area (TPSA) is 56.1 Å². The van der Waals surface area contributed by atoms with E-state index in [1.165, 1.54) is 0 Å². The Labute approximate surface area is 106 Å². The van der Waals surface area contributed by atoms with Crippen molar-refractivity contribution in [3.05, 3.63) is 44.3 Å². The molecule has 18 heavy (non-hydrogen) atoms. The smallest absolute Gasteiger partial charge is 0.297 e. The van der Waals surface area contributed by atoms with Crippen LogP contribution in [0.4, 0.5) is 0 Å². The average Bonchev–Trinajstić information content (AvgIpc) is 3.18. The van der Waals surface area contributed by atoms with Crippen molar-refractivity contribution in [3.63, 3.8) is 0 Å². The molecule has 1 heterocycles. The molecule has 0 bridgehead atoms. The zero-order valence-electron chi connectivity index (χ0n) is 9.59. The molecule has 1 aliphatic rings. The van der Waals surface area contributed by atoms with Crippen molar-refractivity contribution in [2.75, 3.05) is 0 Å². The van der Waals surface area contributed by atoms with Gasteiger partial charge in [0.05, 0.1) is 11.9 Å². The molecule has 0 unspecified atom stereocenters. The molecule has 1 aromatic carbocycles. The Balaban J connectivity index is 2.13. The summed E-state index contributed by atoms with van der Waals surface area (Å²) in [5.74, 6) is 0.0597. The number of ketones is 1. The minimum atomic E-state index is -0.358. The molecule has 0 radical (unpaired) electrons. The molecule has 0 saturated heterocycles. The van der Waals surface area contributed by atoms with Crippen molar-refractivity contribution >= 4 is 27.2 Å². The van der Waals surface area contributed by atoms with E-state index in [2.05, 4.69) is 0 Å². The molecule has 1 saturated carbocycles. The third kappa shape index (κ3) is 1.90.